The van der Waals surface area contributed by atoms with Crippen molar-refractivity contribution in [3.63, 3.8) is 0 Å². The van der Waals surface area contributed by atoms with Gasteiger partial charge in [-0.3, -0.25) is 0 Å². The van der Waals surface area contributed by atoms with Gasteiger partial charge in [0.05, 0.1) is 17.8 Å². The lowest BCUT2D eigenvalue weighted by atomic mass is 9.64. The number of aliphatic hydroxyl groups is 1. The van der Waals surface area contributed by atoms with E-state index < -0.39 is 12.1 Å². The Balaban J connectivity index is 1.28. The molecule has 0 fully saturated rings. The van der Waals surface area contributed by atoms with Crippen LogP contribution in [0.5, 0.6) is 5.75 Å². The minimum Gasteiger partial charge on any atom is -0.490 e. The van der Waals surface area contributed by atoms with Gasteiger partial charge in [-0.2, -0.15) is 0 Å². The van der Waals surface area contributed by atoms with Crippen molar-refractivity contribution < 1.29 is 19.7 Å². The summed E-state index contributed by atoms with van der Waals surface area (Å²) in [6, 6.07) is 36.8. The number of ether oxygens (including phenoxy) is 1. The van der Waals surface area contributed by atoms with Gasteiger partial charge in [-0.25, -0.2) is 4.79 Å². The van der Waals surface area contributed by atoms with Crippen LogP contribution in [0.2, 0.25) is 0 Å². The summed E-state index contributed by atoms with van der Waals surface area (Å²) in [6.07, 6.45) is 10.1. The van der Waals surface area contributed by atoms with E-state index in [1.807, 2.05) is 18.2 Å². The number of anilines is 1. The number of rotatable bonds is 10. The Morgan fingerprint density at radius 2 is 1.55 bits per heavy atom. The van der Waals surface area contributed by atoms with Gasteiger partial charge in [-0.15, -0.1) is 0 Å². The van der Waals surface area contributed by atoms with Crippen LogP contribution < -0.4 is 9.64 Å². The first-order chi connectivity index (χ1) is 27.7. The Morgan fingerprint density at radius 3 is 2.28 bits per heavy atom. The number of aromatic carboxylic acids is 1. The van der Waals surface area contributed by atoms with Crippen molar-refractivity contribution in [1.29, 1.82) is 0 Å². The molecule has 6 aromatic carbocycles. The third-order valence-electron chi connectivity index (χ3n) is 12.0. The molecule has 5 nitrogen and oxygen atoms in total. The van der Waals surface area contributed by atoms with Gasteiger partial charge >= 0.3 is 5.97 Å². The van der Waals surface area contributed by atoms with Crippen LogP contribution in [0.4, 0.5) is 5.69 Å². The van der Waals surface area contributed by atoms with E-state index in [9.17, 15) is 15.0 Å². The molecule has 0 bridgehead atoms. The summed E-state index contributed by atoms with van der Waals surface area (Å²) < 4.78 is 7.16. The number of carboxylic acid groups (broad SMARTS) is 1. The van der Waals surface area contributed by atoms with Crippen molar-refractivity contribution in [2.75, 3.05) is 19.0 Å². The van der Waals surface area contributed by atoms with Crippen molar-refractivity contribution in [2.24, 2.45) is 5.41 Å². The molecule has 58 heavy (non-hydrogen) atoms. The van der Waals surface area contributed by atoms with Crippen molar-refractivity contribution in [1.82, 2.24) is 0 Å². The van der Waals surface area contributed by atoms with Gasteiger partial charge in [0.25, 0.3) is 0 Å². The predicted molar refractivity (Wildman–Crippen MR) is 241 cm³/mol. The standard InChI is InChI=1S/C53H53NO4/c1-33(28-35-14-21-41(22-15-35)54(6)7)58-47-30-39(29-38-20-24-45-42-26-27-52(2,3)31-40(42)32-53(4,5)50(45)48(38)47)44-23-19-36-10-8-9-11-43(36)49(44)46(55)25-16-34-12-17-37(18-13-34)51(56)57/h8-27,29-30,33,46,55H,28,31-32H2,1-7H3,(H,56,57). The second-order valence-electron chi connectivity index (χ2n) is 17.8. The predicted octanol–water partition coefficient (Wildman–Crippen LogP) is 12.6. The second-order valence-corrected chi connectivity index (χ2v) is 17.8. The molecule has 0 saturated carbocycles. The largest absolute Gasteiger partial charge is 0.490 e. The summed E-state index contributed by atoms with van der Waals surface area (Å²) in [6.45, 7) is 11.6. The number of carbonyl (C=O) groups is 1. The highest BCUT2D eigenvalue weighted by Gasteiger charge is 2.37. The third kappa shape index (κ3) is 7.59. The normalized spacial score (nSPS) is 16.6. The average molecular weight is 768 g/mol. The van der Waals surface area contributed by atoms with E-state index in [1.165, 1.54) is 27.8 Å². The van der Waals surface area contributed by atoms with Crippen LogP contribution >= 0.6 is 0 Å². The van der Waals surface area contributed by atoms with Crippen molar-refractivity contribution in [3.05, 3.63) is 166 Å². The van der Waals surface area contributed by atoms with Crippen LogP contribution in [0.3, 0.4) is 0 Å². The number of fused-ring (bicyclic) bond motifs is 5. The Bertz CT molecular complexity index is 2640. The Hall–Kier alpha value is -5.91. The molecule has 0 heterocycles. The maximum Gasteiger partial charge on any atom is 0.335 e. The Labute approximate surface area is 342 Å². The third-order valence-corrected chi connectivity index (χ3v) is 12.0. The zero-order valence-corrected chi connectivity index (χ0v) is 34.6. The summed E-state index contributed by atoms with van der Waals surface area (Å²) in [5.74, 6) is -0.120. The topological polar surface area (TPSA) is 70.0 Å². The van der Waals surface area contributed by atoms with Crippen LogP contribution in [0.1, 0.15) is 91.7 Å². The molecule has 2 N–H and O–H groups in total. The number of carboxylic acids is 1. The van der Waals surface area contributed by atoms with Gasteiger partial charge in [0.1, 0.15) is 5.75 Å². The Morgan fingerprint density at radius 1 is 0.845 bits per heavy atom. The SMILES string of the molecule is CC(Cc1ccc(N(C)C)cc1)Oc1cc(-c2ccc3ccccc3c2C(O)C=Cc2ccc(C(=O)O)cc2)cc2ccc3c(c12)C(C)(C)CC1=C3C=CC(C)(C)C1. The highest BCUT2D eigenvalue weighted by atomic mass is 16.5. The van der Waals surface area contributed by atoms with Gasteiger partial charge < -0.3 is 19.8 Å². The van der Waals surface area contributed by atoms with Crippen LogP contribution in [0, 0.1) is 5.41 Å². The molecule has 6 aromatic rings. The molecular weight excluding hydrogens is 715 g/mol. The first-order valence-corrected chi connectivity index (χ1v) is 20.3. The second kappa shape index (κ2) is 15.1. The number of hydrogen-bond acceptors (Lipinski definition) is 4. The van der Waals surface area contributed by atoms with E-state index in [4.69, 9.17) is 4.74 Å². The fourth-order valence-corrected chi connectivity index (χ4v) is 9.22. The highest BCUT2D eigenvalue weighted by Crippen LogP contribution is 2.53. The van der Waals surface area contributed by atoms with Crippen LogP contribution in [0.15, 0.2) is 133 Å². The van der Waals surface area contributed by atoms with E-state index in [0.717, 1.165) is 74.5 Å². The zero-order valence-electron chi connectivity index (χ0n) is 34.6. The number of benzene rings is 6. The maximum absolute atomic E-state index is 12.1. The molecule has 0 saturated heterocycles. The molecule has 2 aliphatic rings. The van der Waals surface area contributed by atoms with Crippen molar-refractivity contribution in [2.45, 2.75) is 71.5 Å². The number of hydrogen-bond donors (Lipinski definition) is 2. The van der Waals surface area contributed by atoms with Crippen molar-refractivity contribution >= 4 is 44.9 Å². The first-order valence-electron chi connectivity index (χ1n) is 20.3. The fourth-order valence-electron chi connectivity index (χ4n) is 9.22. The molecule has 8 rings (SSSR count). The first kappa shape index (κ1) is 38.9. The molecule has 0 radical (unpaired) electrons. The summed E-state index contributed by atoms with van der Waals surface area (Å²) >= 11 is 0. The van der Waals surface area contributed by atoms with E-state index in [-0.39, 0.29) is 22.5 Å². The van der Waals surface area contributed by atoms with E-state index in [1.54, 1.807) is 30.3 Å². The molecule has 0 spiro atoms. The van der Waals surface area contributed by atoms with Gasteiger partial charge in [0.15, 0.2) is 0 Å². The smallest absolute Gasteiger partial charge is 0.335 e. The zero-order chi connectivity index (χ0) is 40.9. The lowest BCUT2D eigenvalue weighted by molar-refractivity contribution is 0.0697. The molecule has 5 heteroatoms. The quantitative estimate of drug-likeness (QED) is 0.145. The monoisotopic (exact) mass is 767 g/mol. The number of nitrogens with zero attached hydrogens (tertiary/aromatic N) is 1. The molecule has 0 aromatic heterocycles. The fraction of sp³-hybridized carbons (Fsp3) is 0.264. The van der Waals surface area contributed by atoms with Gasteiger partial charge in [-0.1, -0.05) is 130 Å². The Kier molecular flexibility index (Phi) is 10.1. The maximum atomic E-state index is 12.1. The van der Waals surface area contributed by atoms with Crippen LogP contribution in [0.25, 0.3) is 44.3 Å². The van der Waals surface area contributed by atoms with Crippen LogP contribution in [-0.2, 0) is 11.8 Å². The number of aliphatic hydroxyl groups excluding tert-OH is 1. The van der Waals surface area contributed by atoms with E-state index in [0.29, 0.717) is 0 Å². The summed E-state index contributed by atoms with van der Waals surface area (Å²) in [5, 5.41) is 25.7. The molecule has 0 aliphatic heterocycles. The lowest BCUT2D eigenvalue weighted by Crippen LogP contribution is -2.28. The summed E-state index contributed by atoms with van der Waals surface area (Å²) in [4.78, 5) is 13.6. The molecular formula is C53H53NO4. The molecule has 2 aliphatic carbocycles. The molecule has 0 amide bonds. The molecule has 294 valence electrons. The minimum absolute atomic E-state index is 0.117. The minimum atomic E-state index is -0.969. The van der Waals surface area contributed by atoms with Crippen molar-refractivity contribution in [3.8, 4) is 16.9 Å². The summed E-state index contributed by atoms with van der Waals surface area (Å²) in [7, 11) is 4.11. The molecule has 2 unspecified atom stereocenters. The van der Waals surface area contributed by atoms with Crippen LogP contribution in [-0.4, -0.2) is 36.4 Å². The highest BCUT2D eigenvalue weighted by molar-refractivity contribution is 6.02. The number of allylic oxidation sites excluding steroid dienone is 4. The lowest BCUT2D eigenvalue weighted by Gasteiger charge is -2.40. The van der Waals surface area contributed by atoms with E-state index >= 15 is 0 Å². The van der Waals surface area contributed by atoms with Gasteiger partial charge in [0.2, 0.25) is 0 Å². The van der Waals surface area contributed by atoms with Gasteiger partial charge in [0, 0.05) is 37.2 Å². The molecule has 2 atom stereocenters. The average Bonchev–Trinajstić information content (AvgIpc) is 3.18. The van der Waals surface area contributed by atoms with Gasteiger partial charge in [-0.05, 0) is 122 Å². The summed E-state index contributed by atoms with van der Waals surface area (Å²) in [5.41, 5.74) is 11.6. The van der Waals surface area contributed by atoms with E-state index in [2.05, 4.69) is 139 Å².